The van der Waals surface area contributed by atoms with Crippen LogP contribution >= 0.6 is 23.2 Å². The first-order valence-corrected chi connectivity index (χ1v) is 7.38. The monoisotopic (exact) mass is 334 g/mol. The van der Waals surface area contributed by atoms with Crippen LogP contribution in [0, 0.1) is 0 Å². The van der Waals surface area contributed by atoms with Crippen molar-refractivity contribution < 1.29 is 9.53 Å². The summed E-state index contributed by atoms with van der Waals surface area (Å²) >= 11 is 11.8. The highest BCUT2D eigenvalue weighted by Gasteiger charge is 2.16. The Kier molecular flexibility index (Phi) is 4.32. The summed E-state index contributed by atoms with van der Waals surface area (Å²) < 4.78 is 5.29. The number of halogens is 2. The van der Waals surface area contributed by atoms with Crippen LogP contribution in [0.3, 0.4) is 0 Å². The SMILES string of the molecule is O=C(OCc1cc(Cl)cc(Cl)c1)N1C=CC2=CN=CC2=CC1. The number of ether oxygens (including phenoxy) is 1. The zero-order valence-electron chi connectivity index (χ0n) is 11.5. The molecule has 1 amide bonds. The first-order chi connectivity index (χ1) is 10.6. The van der Waals surface area contributed by atoms with Crippen LogP contribution in [0.25, 0.3) is 0 Å². The molecule has 2 aliphatic heterocycles. The van der Waals surface area contributed by atoms with Crippen molar-refractivity contribution in [3.63, 3.8) is 0 Å². The molecule has 2 aliphatic rings. The Morgan fingerprint density at radius 3 is 2.77 bits per heavy atom. The van der Waals surface area contributed by atoms with Crippen LogP contribution in [0.15, 0.2) is 58.9 Å². The lowest BCUT2D eigenvalue weighted by molar-refractivity contribution is 0.113. The third-order valence-electron chi connectivity index (χ3n) is 3.22. The molecule has 1 aromatic rings. The molecule has 3 rings (SSSR count). The molecule has 0 bridgehead atoms. The van der Waals surface area contributed by atoms with Crippen molar-refractivity contribution >= 4 is 35.5 Å². The number of nitrogens with zero attached hydrogens (tertiary/aromatic N) is 2. The highest BCUT2D eigenvalue weighted by atomic mass is 35.5. The van der Waals surface area contributed by atoms with Gasteiger partial charge in [-0.1, -0.05) is 29.3 Å². The van der Waals surface area contributed by atoms with Gasteiger partial charge in [0.25, 0.3) is 0 Å². The van der Waals surface area contributed by atoms with Crippen molar-refractivity contribution in [2.24, 2.45) is 4.99 Å². The maximum Gasteiger partial charge on any atom is 0.414 e. The summed E-state index contributed by atoms with van der Waals surface area (Å²) in [6.45, 7) is 0.550. The van der Waals surface area contributed by atoms with Gasteiger partial charge in [-0.3, -0.25) is 9.89 Å². The summed E-state index contributed by atoms with van der Waals surface area (Å²) in [4.78, 5) is 17.7. The van der Waals surface area contributed by atoms with E-state index >= 15 is 0 Å². The van der Waals surface area contributed by atoms with Crippen molar-refractivity contribution in [1.82, 2.24) is 4.90 Å². The second kappa shape index (κ2) is 6.38. The van der Waals surface area contributed by atoms with E-state index in [9.17, 15) is 4.79 Å². The molecule has 1 aromatic carbocycles. The Labute approximate surface area is 138 Å². The average Bonchev–Trinajstić information content (AvgIpc) is 2.82. The molecule has 2 heterocycles. The number of fused-ring (bicyclic) bond motifs is 1. The van der Waals surface area contributed by atoms with Crippen LogP contribution in [0.4, 0.5) is 4.79 Å². The van der Waals surface area contributed by atoms with Crippen molar-refractivity contribution in [3.8, 4) is 0 Å². The van der Waals surface area contributed by atoms with E-state index in [1.165, 1.54) is 4.90 Å². The lowest BCUT2D eigenvalue weighted by Crippen LogP contribution is -2.26. The molecule has 0 saturated heterocycles. The maximum absolute atomic E-state index is 12.1. The fraction of sp³-hybridized carbons (Fsp3) is 0.125. The predicted octanol–water partition coefficient (Wildman–Crippen LogP) is 4.35. The molecule has 4 nitrogen and oxygen atoms in total. The highest BCUT2D eigenvalue weighted by Crippen LogP contribution is 2.21. The Balaban J connectivity index is 1.63. The zero-order valence-corrected chi connectivity index (χ0v) is 13.0. The molecule has 0 spiro atoms. The smallest absolute Gasteiger partial charge is 0.414 e. The van der Waals surface area contributed by atoms with Crippen molar-refractivity contribution in [1.29, 1.82) is 0 Å². The molecule has 0 unspecified atom stereocenters. The van der Waals surface area contributed by atoms with Crippen molar-refractivity contribution in [2.75, 3.05) is 6.54 Å². The third-order valence-corrected chi connectivity index (χ3v) is 3.66. The van der Waals surface area contributed by atoms with Crippen LogP contribution < -0.4 is 0 Å². The maximum atomic E-state index is 12.1. The van der Waals surface area contributed by atoms with Crippen LogP contribution in [-0.4, -0.2) is 23.8 Å². The molecule has 0 aliphatic carbocycles. The van der Waals surface area contributed by atoms with Gasteiger partial charge in [0.15, 0.2) is 0 Å². The van der Waals surface area contributed by atoms with Crippen LogP contribution in [-0.2, 0) is 11.3 Å². The number of hydrogen-bond donors (Lipinski definition) is 0. The van der Waals surface area contributed by atoms with Crippen LogP contribution in [0.5, 0.6) is 0 Å². The van der Waals surface area contributed by atoms with E-state index in [2.05, 4.69) is 4.99 Å². The van der Waals surface area contributed by atoms with Gasteiger partial charge in [0, 0.05) is 40.8 Å². The molecular formula is C16H12Cl2N2O2. The summed E-state index contributed by atoms with van der Waals surface area (Å²) in [7, 11) is 0. The Morgan fingerprint density at radius 2 is 2.00 bits per heavy atom. The molecule has 0 N–H and O–H groups in total. The fourth-order valence-electron chi connectivity index (χ4n) is 2.14. The normalized spacial score (nSPS) is 16.0. The third kappa shape index (κ3) is 3.40. The Bertz CT molecular complexity index is 715. The molecule has 112 valence electrons. The van der Waals surface area contributed by atoms with Gasteiger partial charge in [-0.25, -0.2) is 4.79 Å². The van der Waals surface area contributed by atoms with E-state index in [1.807, 2.05) is 12.2 Å². The van der Waals surface area contributed by atoms with Crippen molar-refractivity contribution in [3.05, 3.63) is 69.5 Å². The summed E-state index contributed by atoms with van der Waals surface area (Å²) in [5.41, 5.74) is 2.74. The topological polar surface area (TPSA) is 41.9 Å². The minimum absolute atomic E-state index is 0.115. The molecule has 0 atom stereocenters. The zero-order chi connectivity index (χ0) is 15.5. The number of amides is 1. The molecule has 0 saturated carbocycles. The van der Waals surface area contributed by atoms with E-state index in [1.54, 1.807) is 36.8 Å². The fourth-order valence-corrected chi connectivity index (χ4v) is 2.71. The molecule has 6 heteroatoms. The van der Waals surface area contributed by atoms with Crippen LogP contribution in [0.2, 0.25) is 10.0 Å². The largest absolute Gasteiger partial charge is 0.444 e. The van der Waals surface area contributed by atoms with Gasteiger partial charge >= 0.3 is 6.09 Å². The van der Waals surface area contributed by atoms with E-state index in [0.29, 0.717) is 16.6 Å². The number of benzene rings is 1. The second-order valence-corrected chi connectivity index (χ2v) is 5.70. The van der Waals surface area contributed by atoms with Gasteiger partial charge < -0.3 is 4.74 Å². The van der Waals surface area contributed by atoms with Crippen LogP contribution in [0.1, 0.15) is 5.56 Å². The quantitative estimate of drug-likeness (QED) is 0.806. The summed E-state index contributed by atoms with van der Waals surface area (Å²) in [5.74, 6) is 0. The van der Waals surface area contributed by atoms with E-state index in [-0.39, 0.29) is 6.61 Å². The van der Waals surface area contributed by atoms with Gasteiger partial charge in [-0.2, -0.15) is 0 Å². The second-order valence-electron chi connectivity index (χ2n) is 4.82. The van der Waals surface area contributed by atoms with Gasteiger partial charge in [0.05, 0.1) is 0 Å². The van der Waals surface area contributed by atoms with Crippen molar-refractivity contribution in [2.45, 2.75) is 6.61 Å². The number of carbonyl (C=O) groups is 1. The number of allylic oxidation sites excluding steroid dienone is 3. The van der Waals surface area contributed by atoms with Gasteiger partial charge in [0.2, 0.25) is 0 Å². The first-order valence-electron chi connectivity index (χ1n) is 6.62. The van der Waals surface area contributed by atoms with E-state index in [4.69, 9.17) is 27.9 Å². The minimum Gasteiger partial charge on any atom is -0.444 e. The summed E-state index contributed by atoms with van der Waals surface area (Å²) in [5, 5.41) is 1.02. The van der Waals surface area contributed by atoms with E-state index < -0.39 is 6.09 Å². The molecular weight excluding hydrogens is 323 g/mol. The number of aliphatic imine (C=N–C) groups is 1. The van der Waals surface area contributed by atoms with Gasteiger partial charge in [0.1, 0.15) is 6.61 Å². The molecule has 0 radical (unpaired) electrons. The first kappa shape index (κ1) is 14.9. The van der Waals surface area contributed by atoms with Gasteiger partial charge in [-0.05, 0) is 35.4 Å². The van der Waals surface area contributed by atoms with E-state index in [0.717, 1.165) is 16.7 Å². The lowest BCUT2D eigenvalue weighted by atomic mass is 10.1. The highest BCUT2D eigenvalue weighted by molar-refractivity contribution is 6.34. The number of rotatable bonds is 2. The van der Waals surface area contributed by atoms with Gasteiger partial charge in [-0.15, -0.1) is 0 Å². The summed E-state index contributed by atoms with van der Waals surface area (Å²) in [6, 6.07) is 5.06. The lowest BCUT2D eigenvalue weighted by Gasteiger charge is -2.15. The minimum atomic E-state index is -0.429. The molecule has 0 aromatic heterocycles. The molecule has 0 fully saturated rings. The number of carbonyl (C=O) groups excluding carboxylic acids is 1. The average molecular weight is 335 g/mol. The standard InChI is InChI=1S/C16H12Cl2N2O2/c17-14-5-11(6-15(18)7-14)10-22-16(21)20-3-1-12-8-19-9-13(12)2-4-20/h1-3,5-9H,4,10H2. The number of hydrogen-bond acceptors (Lipinski definition) is 3. The Hall–Kier alpha value is -2.04. The Morgan fingerprint density at radius 1 is 1.23 bits per heavy atom. The summed E-state index contributed by atoms with van der Waals surface area (Å²) in [6.07, 6.45) is 8.55. The molecule has 22 heavy (non-hydrogen) atoms. The predicted molar refractivity (Wildman–Crippen MR) is 87.2 cm³/mol.